The number of H-pyrrole nitrogens is 1. The number of aromatic amines is 1. The molecule has 0 saturated carbocycles. The highest BCUT2D eigenvalue weighted by molar-refractivity contribution is 5.97. The van der Waals surface area contributed by atoms with Crippen LogP contribution in [0, 0.1) is 6.92 Å². The lowest BCUT2D eigenvalue weighted by Gasteiger charge is -1.92. The minimum Gasteiger partial charge on any atom is -0.493 e. The number of para-hydroxylation sites is 1. The molecule has 0 spiro atoms. The second-order valence-electron chi connectivity index (χ2n) is 4.26. The van der Waals surface area contributed by atoms with E-state index in [1.54, 1.807) is 19.1 Å². The van der Waals surface area contributed by atoms with E-state index in [-0.39, 0.29) is 11.6 Å². The number of hydrogen-bond donors (Lipinski definition) is 2. The fourth-order valence-corrected chi connectivity index (χ4v) is 1.97. The monoisotopic (exact) mass is 269 g/mol. The summed E-state index contributed by atoms with van der Waals surface area (Å²) in [5, 5.41) is 18.0. The number of rotatable bonds is 2. The molecule has 1 aromatic carbocycles. The summed E-state index contributed by atoms with van der Waals surface area (Å²) in [7, 11) is 0. The third-order valence-electron chi connectivity index (χ3n) is 2.99. The Hall–Kier alpha value is -2.89. The van der Waals surface area contributed by atoms with Gasteiger partial charge in [-0.1, -0.05) is 18.2 Å². The number of nitrogens with one attached hydrogen (secondary N) is 1. The van der Waals surface area contributed by atoms with Gasteiger partial charge in [-0.25, -0.2) is 0 Å². The number of fused-ring (bicyclic) bond motifs is 1. The Morgan fingerprint density at radius 1 is 1.30 bits per heavy atom. The van der Waals surface area contributed by atoms with E-state index >= 15 is 0 Å². The highest BCUT2D eigenvalue weighted by atomic mass is 16.3. The Morgan fingerprint density at radius 2 is 2.10 bits per heavy atom. The standard InChI is InChI=1S/C14H11N3O3/c1-8-9(6-7-20-8)13(18)17-16-12-10-4-2-3-5-11(10)15-14(12)19/h2-7,15,19H,1H3. The van der Waals surface area contributed by atoms with Crippen molar-refractivity contribution < 1.29 is 14.3 Å². The summed E-state index contributed by atoms with van der Waals surface area (Å²) in [6.07, 6.45) is 1.42. The van der Waals surface area contributed by atoms with Crippen LogP contribution in [0.25, 0.3) is 10.9 Å². The molecule has 2 N–H and O–H groups in total. The van der Waals surface area contributed by atoms with Crippen molar-refractivity contribution in [2.45, 2.75) is 6.92 Å². The van der Waals surface area contributed by atoms with E-state index in [0.717, 1.165) is 5.52 Å². The average molecular weight is 269 g/mol. The maximum atomic E-state index is 11.9. The van der Waals surface area contributed by atoms with Gasteiger partial charge in [0.25, 0.3) is 5.91 Å². The van der Waals surface area contributed by atoms with E-state index in [0.29, 0.717) is 16.7 Å². The van der Waals surface area contributed by atoms with Gasteiger partial charge in [0, 0.05) is 5.39 Å². The second kappa shape index (κ2) is 4.65. The minimum atomic E-state index is -0.513. The van der Waals surface area contributed by atoms with Gasteiger partial charge < -0.3 is 14.5 Å². The molecule has 3 aromatic rings. The first kappa shape index (κ1) is 12.2. The number of carbonyl (C=O) groups excluding carboxylic acids is 1. The third kappa shape index (κ3) is 1.97. The molecule has 0 aliphatic rings. The largest absolute Gasteiger partial charge is 0.493 e. The molecule has 0 fully saturated rings. The molecule has 3 rings (SSSR count). The molecule has 2 aromatic heterocycles. The summed E-state index contributed by atoms with van der Waals surface area (Å²) >= 11 is 0. The number of nitrogens with zero attached hydrogens (tertiary/aromatic N) is 2. The van der Waals surface area contributed by atoms with Gasteiger partial charge >= 0.3 is 0 Å². The molecule has 100 valence electrons. The summed E-state index contributed by atoms with van der Waals surface area (Å²) in [5.41, 5.74) is 1.33. The fourth-order valence-electron chi connectivity index (χ4n) is 1.97. The first-order valence-corrected chi connectivity index (χ1v) is 5.96. The van der Waals surface area contributed by atoms with Crippen LogP contribution in [0.2, 0.25) is 0 Å². The van der Waals surface area contributed by atoms with Crippen molar-refractivity contribution in [2.24, 2.45) is 10.2 Å². The lowest BCUT2D eigenvalue weighted by atomic mass is 10.2. The van der Waals surface area contributed by atoms with E-state index < -0.39 is 5.91 Å². The third-order valence-corrected chi connectivity index (χ3v) is 2.99. The van der Waals surface area contributed by atoms with Crippen LogP contribution in [0.5, 0.6) is 5.88 Å². The quantitative estimate of drug-likeness (QED) is 0.695. The van der Waals surface area contributed by atoms with Crippen LogP contribution in [-0.2, 0) is 0 Å². The molecule has 0 atom stereocenters. The SMILES string of the molecule is Cc1occc1C(=O)N=Nc1c(O)[nH]c2ccccc12. The smallest absolute Gasteiger partial charge is 0.298 e. The van der Waals surface area contributed by atoms with Crippen molar-refractivity contribution >= 4 is 22.5 Å². The van der Waals surface area contributed by atoms with Gasteiger partial charge in [-0.3, -0.25) is 4.79 Å². The summed E-state index contributed by atoms with van der Waals surface area (Å²) in [5.74, 6) is -0.148. The van der Waals surface area contributed by atoms with Crippen LogP contribution < -0.4 is 0 Å². The number of aromatic hydroxyl groups is 1. The van der Waals surface area contributed by atoms with Gasteiger partial charge in [0.15, 0.2) is 5.69 Å². The van der Waals surface area contributed by atoms with E-state index in [1.165, 1.54) is 12.3 Å². The van der Waals surface area contributed by atoms with Crippen molar-refractivity contribution in [1.29, 1.82) is 0 Å². The summed E-state index contributed by atoms with van der Waals surface area (Å²) < 4.78 is 5.04. The number of amides is 1. The number of furan rings is 1. The average Bonchev–Trinajstić information content (AvgIpc) is 2.99. The topological polar surface area (TPSA) is 90.9 Å². The van der Waals surface area contributed by atoms with E-state index in [1.807, 2.05) is 12.1 Å². The van der Waals surface area contributed by atoms with Crippen LogP contribution in [0.1, 0.15) is 16.1 Å². The molecule has 0 unspecified atom stereocenters. The van der Waals surface area contributed by atoms with Crippen LogP contribution in [0.15, 0.2) is 51.2 Å². The van der Waals surface area contributed by atoms with E-state index in [9.17, 15) is 9.90 Å². The Morgan fingerprint density at radius 3 is 2.85 bits per heavy atom. The van der Waals surface area contributed by atoms with Crippen LogP contribution in [0.3, 0.4) is 0 Å². The fraction of sp³-hybridized carbons (Fsp3) is 0.0714. The molecule has 1 amide bonds. The molecule has 0 bridgehead atoms. The molecule has 0 saturated heterocycles. The number of azo groups is 1. The van der Waals surface area contributed by atoms with Crippen molar-refractivity contribution in [1.82, 2.24) is 4.98 Å². The molecule has 6 heteroatoms. The van der Waals surface area contributed by atoms with E-state index in [4.69, 9.17) is 4.42 Å². The molecule has 20 heavy (non-hydrogen) atoms. The van der Waals surface area contributed by atoms with Crippen molar-refractivity contribution in [3.63, 3.8) is 0 Å². The molecular weight excluding hydrogens is 258 g/mol. The number of hydrogen-bond acceptors (Lipinski definition) is 4. The van der Waals surface area contributed by atoms with Gasteiger partial charge in [0.1, 0.15) is 5.76 Å². The Kier molecular flexibility index (Phi) is 2.83. The summed E-state index contributed by atoms with van der Waals surface area (Å²) in [6, 6.07) is 8.77. The predicted octanol–water partition coefficient (Wildman–Crippen LogP) is 3.70. The van der Waals surface area contributed by atoms with Crippen molar-refractivity contribution in [3.8, 4) is 5.88 Å². The van der Waals surface area contributed by atoms with Crippen molar-refractivity contribution in [2.75, 3.05) is 0 Å². The maximum Gasteiger partial charge on any atom is 0.298 e. The van der Waals surface area contributed by atoms with Gasteiger partial charge in [-0.2, -0.15) is 0 Å². The van der Waals surface area contributed by atoms with Crippen LogP contribution in [0.4, 0.5) is 5.69 Å². The first-order valence-electron chi connectivity index (χ1n) is 5.96. The zero-order chi connectivity index (χ0) is 14.1. The molecular formula is C14H11N3O3. The van der Waals surface area contributed by atoms with Gasteiger partial charge in [-0.05, 0) is 19.1 Å². The number of carbonyl (C=O) groups is 1. The number of aromatic nitrogens is 1. The lowest BCUT2D eigenvalue weighted by Crippen LogP contribution is -1.92. The zero-order valence-electron chi connectivity index (χ0n) is 10.6. The van der Waals surface area contributed by atoms with Crippen molar-refractivity contribution in [3.05, 3.63) is 47.9 Å². The number of benzene rings is 1. The maximum absolute atomic E-state index is 11.9. The molecule has 0 radical (unpaired) electrons. The predicted molar refractivity (Wildman–Crippen MR) is 72.3 cm³/mol. The highest BCUT2D eigenvalue weighted by Gasteiger charge is 2.13. The second-order valence-corrected chi connectivity index (χ2v) is 4.26. The zero-order valence-corrected chi connectivity index (χ0v) is 10.6. The van der Waals surface area contributed by atoms with Gasteiger partial charge in [0.2, 0.25) is 5.88 Å². The van der Waals surface area contributed by atoms with E-state index in [2.05, 4.69) is 15.2 Å². The first-order chi connectivity index (χ1) is 9.66. The minimum absolute atomic E-state index is 0.119. The molecule has 0 aliphatic carbocycles. The lowest BCUT2D eigenvalue weighted by molar-refractivity contribution is 0.0993. The summed E-state index contributed by atoms with van der Waals surface area (Å²) in [6.45, 7) is 1.67. The Labute approximate surface area is 113 Å². The van der Waals surface area contributed by atoms with Gasteiger partial charge in [0.05, 0.1) is 17.3 Å². The van der Waals surface area contributed by atoms with Gasteiger partial charge in [-0.15, -0.1) is 10.2 Å². The Balaban J connectivity index is 1.97. The van der Waals surface area contributed by atoms with Crippen LogP contribution >= 0.6 is 0 Å². The molecule has 2 heterocycles. The summed E-state index contributed by atoms with van der Waals surface area (Å²) in [4.78, 5) is 14.6. The molecule has 6 nitrogen and oxygen atoms in total. The highest BCUT2D eigenvalue weighted by Crippen LogP contribution is 2.35. The van der Waals surface area contributed by atoms with Crippen LogP contribution in [-0.4, -0.2) is 16.0 Å². The Bertz CT molecular complexity index is 814. The normalized spacial score (nSPS) is 11.4. The molecule has 0 aliphatic heterocycles. The number of aryl methyl sites for hydroxylation is 1.